The van der Waals surface area contributed by atoms with Crippen LogP contribution >= 0.6 is 23.8 Å². The summed E-state index contributed by atoms with van der Waals surface area (Å²) in [6, 6.07) is 4.43. The number of thiocarbonyl (C=S) groups is 1. The van der Waals surface area contributed by atoms with E-state index in [2.05, 4.69) is 30.5 Å². The maximum atomic E-state index is 6.27. The van der Waals surface area contributed by atoms with Crippen LogP contribution in [-0.2, 0) is 0 Å². The molecule has 0 aromatic heterocycles. The van der Waals surface area contributed by atoms with Gasteiger partial charge in [0.1, 0.15) is 0 Å². The van der Waals surface area contributed by atoms with Gasteiger partial charge in [-0.25, -0.2) is 0 Å². The Morgan fingerprint density at radius 1 is 1.30 bits per heavy atom. The minimum absolute atomic E-state index is 0.381. The molecule has 112 valence electrons. The van der Waals surface area contributed by atoms with Gasteiger partial charge in [0.2, 0.25) is 0 Å². The fraction of sp³-hybridized carbons (Fsp3) is 0.562. The highest BCUT2D eigenvalue weighted by Gasteiger charge is 2.09. The van der Waals surface area contributed by atoms with Crippen molar-refractivity contribution < 1.29 is 0 Å². The van der Waals surface area contributed by atoms with Crippen LogP contribution in [0.25, 0.3) is 0 Å². The summed E-state index contributed by atoms with van der Waals surface area (Å²) in [7, 11) is 0. The summed E-state index contributed by atoms with van der Waals surface area (Å²) >= 11 is 11.6. The van der Waals surface area contributed by atoms with Gasteiger partial charge in [-0.05, 0) is 56.6 Å². The molecular formula is C16H25ClN2S. The first kappa shape index (κ1) is 17.3. The van der Waals surface area contributed by atoms with E-state index < -0.39 is 0 Å². The van der Waals surface area contributed by atoms with Crippen molar-refractivity contribution in [1.82, 2.24) is 5.32 Å². The van der Waals surface area contributed by atoms with Gasteiger partial charge in [-0.3, -0.25) is 0 Å². The third-order valence-electron chi connectivity index (χ3n) is 3.29. The molecule has 1 atom stereocenters. The molecule has 0 radical (unpaired) electrons. The third-order valence-corrected chi connectivity index (χ3v) is 3.81. The molecule has 0 fully saturated rings. The number of unbranched alkanes of at least 4 members (excludes halogenated alkanes) is 2. The molecule has 2 nitrogen and oxygen atoms in total. The van der Waals surface area contributed by atoms with Crippen LogP contribution in [0.2, 0.25) is 5.02 Å². The van der Waals surface area contributed by atoms with Crippen LogP contribution in [0.3, 0.4) is 0 Å². The molecule has 0 heterocycles. The minimum atomic E-state index is 0.381. The number of halogens is 1. The third kappa shape index (κ3) is 5.68. The molecule has 4 heteroatoms. The van der Waals surface area contributed by atoms with Crippen LogP contribution in [0.1, 0.15) is 50.7 Å². The highest BCUT2D eigenvalue weighted by atomic mass is 35.5. The normalized spacial score (nSPS) is 12.1. The predicted octanol–water partition coefficient (Wildman–Crippen LogP) is 5.21. The van der Waals surface area contributed by atoms with Crippen LogP contribution in [0, 0.1) is 13.8 Å². The predicted molar refractivity (Wildman–Crippen MR) is 93.9 cm³/mol. The number of hydrogen-bond donors (Lipinski definition) is 2. The molecule has 1 rings (SSSR count). The van der Waals surface area contributed by atoms with Gasteiger partial charge in [-0.15, -0.1) is 0 Å². The van der Waals surface area contributed by atoms with E-state index in [0.717, 1.165) is 23.2 Å². The van der Waals surface area contributed by atoms with E-state index in [1.807, 2.05) is 19.9 Å². The molecule has 20 heavy (non-hydrogen) atoms. The van der Waals surface area contributed by atoms with Gasteiger partial charge >= 0.3 is 0 Å². The van der Waals surface area contributed by atoms with Gasteiger partial charge in [-0.2, -0.15) is 0 Å². The lowest BCUT2D eigenvalue weighted by Gasteiger charge is -2.18. The first-order valence-electron chi connectivity index (χ1n) is 7.28. The summed E-state index contributed by atoms with van der Waals surface area (Å²) < 4.78 is 0. The van der Waals surface area contributed by atoms with Crippen molar-refractivity contribution in [3.8, 4) is 0 Å². The maximum Gasteiger partial charge on any atom is 0.171 e. The summed E-state index contributed by atoms with van der Waals surface area (Å²) in [6.45, 7) is 8.45. The zero-order chi connectivity index (χ0) is 15.1. The minimum Gasteiger partial charge on any atom is -0.360 e. The molecule has 0 spiro atoms. The first-order valence-corrected chi connectivity index (χ1v) is 8.07. The van der Waals surface area contributed by atoms with E-state index in [1.165, 1.54) is 19.3 Å². The maximum absolute atomic E-state index is 6.27. The second-order valence-corrected chi connectivity index (χ2v) is 6.25. The van der Waals surface area contributed by atoms with Crippen LogP contribution in [0.5, 0.6) is 0 Å². The van der Waals surface area contributed by atoms with E-state index in [-0.39, 0.29) is 0 Å². The topological polar surface area (TPSA) is 24.1 Å². The Labute approximate surface area is 133 Å². The van der Waals surface area contributed by atoms with Gasteiger partial charge in [-0.1, -0.05) is 43.9 Å². The number of benzene rings is 1. The molecule has 0 aliphatic rings. The lowest BCUT2D eigenvalue weighted by atomic mass is 10.1. The second-order valence-electron chi connectivity index (χ2n) is 5.43. The summed E-state index contributed by atoms with van der Waals surface area (Å²) in [4.78, 5) is 0. The molecule has 1 aromatic carbocycles. The number of rotatable bonds is 6. The number of anilines is 1. The Morgan fingerprint density at radius 2 is 2.00 bits per heavy atom. The van der Waals surface area contributed by atoms with Crippen molar-refractivity contribution in [2.24, 2.45) is 0 Å². The monoisotopic (exact) mass is 312 g/mol. The Hall–Kier alpha value is -0.800. The van der Waals surface area contributed by atoms with E-state index in [1.54, 1.807) is 0 Å². The van der Waals surface area contributed by atoms with E-state index in [9.17, 15) is 0 Å². The fourth-order valence-corrected chi connectivity index (χ4v) is 2.89. The molecule has 1 aromatic rings. The molecule has 0 bridgehead atoms. The molecular weight excluding hydrogens is 288 g/mol. The smallest absolute Gasteiger partial charge is 0.171 e. The average molecular weight is 313 g/mol. The fourth-order valence-electron chi connectivity index (χ4n) is 2.22. The molecule has 0 amide bonds. The summed E-state index contributed by atoms with van der Waals surface area (Å²) in [5, 5.41) is 7.89. The van der Waals surface area contributed by atoms with Gasteiger partial charge in [0.25, 0.3) is 0 Å². The number of aryl methyl sites for hydroxylation is 2. The van der Waals surface area contributed by atoms with Crippen molar-refractivity contribution in [2.75, 3.05) is 5.32 Å². The van der Waals surface area contributed by atoms with Crippen molar-refractivity contribution >= 4 is 34.6 Å². The number of nitrogens with one attached hydrogen (secondary N) is 2. The van der Waals surface area contributed by atoms with E-state index in [0.29, 0.717) is 16.2 Å². The van der Waals surface area contributed by atoms with Crippen molar-refractivity contribution in [1.29, 1.82) is 0 Å². The Morgan fingerprint density at radius 3 is 2.60 bits per heavy atom. The van der Waals surface area contributed by atoms with Gasteiger partial charge in [0.05, 0.1) is 10.7 Å². The van der Waals surface area contributed by atoms with Gasteiger partial charge in [0, 0.05) is 6.04 Å². The van der Waals surface area contributed by atoms with E-state index >= 15 is 0 Å². The van der Waals surface area contributed by atoms with Gasteiger partial charge < -0.3 is 10.6 Å². The molecule has 0 aliphatic carbocycles. The molecule has 0 saturated heterocycles. The Bertz CT molecular complexity index is 437. The highest BCUT2D eigenvalue weighted by molar-refractivity contribution is 7.80. The molecule has 2 N–H and O–H groups in total. The summed E-state index contributed by atoms with van der Waals surface area (Å²) in [5.41, 5.74) is 3.16. The van der Waals surface area contributed by atoms with E-state index in [4.69, 9.17) is 23.8 Å². The zero-order valence-electron chi connectivity index (χ0n) is 12.8. The Kier molecular flexibility index (Phi) is 7.31. The van der Waals surface area contributed by atoms with Crippen molar-refractivity contribution in [3.63, 3.8) is 0 Å². The van der Waals surface area contributed by atoms with Crippen LogP contribution < -0.4 is 10.6 Å². The summed E-state index contributed by atoms with van der Waals surface area (Å²) in [6.07, 6.45) is 4.89. The lowest BCUT2D eigenvalue weighted by Crippen LogP contribution is -2.36. The van der Waals surface area contributed by atoms with Gasteiger partial charge in [0.15, 0.2) is 5.11 Å². The average Bonchev–Trinajstić information content (AvgIpc) is 2.34. The largest absolute Gasteiger partial charge is 0.360 e. The quantitative estimate of drug-likeness (QED) is 0.557. The molecule has 0 aliphatic heterocycles. The molecule has 0 saturated carbocycles. The van der Waals surface area contributed by atoms with Crippen LogP contribution in [0.4, 0.5) is 5.69 Å². The highest BCUT2D eigenvalue weighted by Crippen LogP contribution is 2.27. The second kappa shape index (κ2) is 8.48. The summed E-state index contributed by atoms with van der Waals surface area (Å²) in [5.74, 6) is 0. The lowest BCUT2D eigenvalue weighted by molar-refractivity contribution is 0.556. The van der Waals surface area contributed by atoms with Crippen LogP contribution in [0.15, 0.2) is 12.1 Å². The van der Waals surface area contributed by atoms with Crippen molar-refractivity contribution in [3.05, 3.63) is 28.3 Å². The molecule has 0 unspecified atom stereocenters. The number of hydrogen-bond acceptors (Lipinski definition) is 1. The van der Waals surface area contributed by atoms with Crippen LogP contribution in [-0.4, -0.2) is 11.2 Å². The SMILES string of the molecule is CCCCC[C@H](C)NC(=S)Nc1c(C)cc(C)cc1Cl. The first-order chi connectivity index (χ1) is 9.43. The Balaban J connectivity index is 2.54. The zero-order valence-corrected chi connectivity index (χ0v) is 14.4. The standard InChI is InChI=1S/C16H25ClN2S/c1-5-6-7-8-13(4)18-16(20)19-15-12(3)9-11(2)10-14(15)17/h9-10,13H,5-8H2,1-4H3,(H2,18,19,20)/t13-/m0/s1. The van der Waals surface area contributed by atoms with Crippen molar-refractivity contribution in [2.45, 2.75) is 59.4 Å².